The number of nitrogens with zero attached hydrogens (tertiary/aromatic N) is 1. The van der Waals surface area contributed by atoms with E-state index in [1.807, 2.05) is 25.7 Å². The van der Waals surface area contributed by atoms with Crippen LogP contribution in [-0.4, -0.2) is 54.2 Å². The van der Waals surface area contributed by atoms with Gasteiger partial charge in [-0.05, 0) is 56.2 Å². The van der Waals surface area contributed by atoms with Gasteiger partial charge in [-0.1, -0.05) is 0 Å². The third-order valence-corrected chi connectivity index (χ3v) is 4.35. The maximum absolute atomic E-state index is 10.5. The van der Waals surface area contributed by atoms with Gasteiger partial charge in [0.15, 0.2) is 0 Å². The summed E-state index contributed by atoms with van der Waals surface area (Å²) in [6, 6.07) is 7.83. The Morgan fingerprint density at radius 1 is 0.667 bits per heavy atom. The second kappa shape index (κ2) is 8.04. The minimum Gasteiger partial charge on any atom is -0.508 e. The summed E-state index contributed by atoms with van der Waals surface area (Å²) in [5.74, 6) is -0.605. The molecule has 0 saturated carbocycles. The SMILES string of the molecule is CC(C)(C)N(CC(O)c1cc(O)cc(O)c1)CC(O)c1cc(O)cc(O)c1. The maximum atomic E-state index is 10.5. The Kier molecular flexibility index (Phi) is 6.20. The summed E-state index contributed by atoms with van der Waals surface area (Å²) < 4.78 is 0. The smallest absolute Gasteiger partial charge is 0.119 e. The van der Waals surface area contributed by atoms with Crippen molar-refractivity contribution in [1.29, 1.82) is 0 Å². The number of hydrogen-bond acceptors (Lipinski definition) is 7. The predicted octanol–water partition coefficient (Wildman–Crippen LogP) is 2.38. The van der Waals surface area contributed by atoms with E-state index in [1.165, 1.54) is 36.4 Å². The molecule has 0 amide bonds. The Bertz CT molecular complexity index is 687. The molecule has 0 spiro atoms. The molecule has 6 N–H and O–H groups in total. The van der Waals surface area contributed by atoms with Crippen LogP contribution in [0.25, 0.3) is 0 Å². The van der Waals surface area contributed by atoms with Crippen LogP contribution in [0, 0.1) is 0 Å². The zero-order chi connectivity index (χ0) is 20.4. The summed E-state index contributed by atoms with van der Waals surface area (Å²) in [5, 5.41) is 59.5. The van der Waals surface area contributed by atoms with Gasteiger partial charge in [0.25, 0.3) is 0 Å². The normalized spacial score (nSPS) is 14.3. The standard InChI is InChI=1S/C20H27NO6/c1-20(2,3)21(10-18(26)12-4-14(22)8-15(23)5-12)11-19(27)13-6-16(24)9-17(25)7-13/h4-9,18-19,22-27H,10-11H2,1-3H3. The number of hydrogen-bond donors (Lipinski definition) is 6. The van der Waals surface area contributed by atoms with Crippen molar-refractivity contribution in [3.63, 3.8) is 0 Å². The molecule has 2 unspecified atom stereocenters. The van der Waals surface area contributed by atoms with Crippen molar-refractivity contribution in [3.8, 4) is 23.0 Å². The number of phenols is 4. The number of phenolic OH excluding ortho intramolecular Hbond substituents is 4. The van der Waals surface area contributed by atoms with Crippen LogP contribution in [0.5, 0.6) is 23.0 Å². The molecule has 0 aliphatic rings. The fourth-order valence-electron chi connectivity index (χ4n) is 2.87. The summed E-state index contributed by atoms with van der Waals surface area (Å²) in [6.07, 6.45) is -2.01. The van der Waals surface area contributed by atoms with Crippen molar-refractivity contribution in [1.82, 2.24) is 4.90 Å². The van der Waals surface area contributed by atoms with Crippen LogP contribution in [0.4, 0.5) is 0 Å². The van der Waals surface area contributed by atoms with Crippen molar-refractivity contribution in [3.05, 3.63) is 47.5 Å². The molecule has 2 aromatic rings. The van der Waals surface area contributed by atoms with E-state index < -0.39 is 17.7 Å². The first-order valence-corrected chi connectivity index (χ1v) is 8.62. The molecule has 0 bridgehead atoms. The molecule has 0 saturated heterocycles. The lowest BCUT2D eigenvalue weighted by Gasteiger charge is -2.38. The van der Waals surface area contributed by atoms with Crippen LogP contribution in [0.3, 0.4) is 0 Å². The lowest BCUT2D eigenvalue weighted by molar-refractivity contribution is 0.0193. The molecular weight excluding hydrogens is 350 g/mol. The zero-order valence-electron chi connectivity index (χ0n) is 15.7. The number of benzene rings is 2. The molecule has 0 aromatic heterocycles. The monoisotopic (exact) mass is 377 g/mol. The van der Waals surface area contributed by atoms with Crippen LogP contribution in [0.1, 0.15) is 44.1 Å². The topological polar surface area (TPSA) is 125 Å². The summed E-state index contributed by atoms with van der Waals surface area (Å²) >= 11 is 0. The zero-order valence-corrected chi connectivity index (χ0v) is 15.7. The van der Waals surface area contributed by atoms with Gasteiger partial charge in [0.05, 0.1) is 12.2 Å². The van der Waals surface area contributed by atoms with E-state index in [0.29, 0.717) is 11.1 Å². The highest BCUT2D eigenvalue weighted by Gasteiger charge is 2.27. The minimum absolute atomic E-state index is 0.133. The molecule has 2 atom stereocenters. The van der Waals surface area contributed by atoms with Crippen LogP contribution < -0.4 is 0 Å². The summed E-state index contributed by atoms with van der Waals surface area (Å²) in [4.78, 5) is 1.84. The van der Waals surface area contributed by atoms with Gasteiger partial charge < -0.3 is 30.6 Å². The second-order valence-corrected chi connectivity index (χ2v) is 7.67. The van der Waals surface area contributed by atoms with Gasteiger partial charge in [-0.3, -0.25) is 4.90 Å². The van der Waals surface area contributed by atoms with Gasteiger partial charge in [0.1, 0.15) is 23.0 Å². The molecule has 2 rings (SSSR count). The highest BCUT2D eigenvalue weighted by Crippen LogP contribution is 2.30. The van der Waals surface area contributed by atoms with Crippen molar-refractivity contribution in [2.45, 2.75) is 38.5 Å². The molecule has 148 valence electrons. The Morgan fingerprint density at radius 3 is 1.22 bits per heavy atom. The fourth-order valence-corrected chi connectivity index (χ4v) is 2.87. The number of rotatable bonds is 6. The van der Waals surface area contributed by atoms with E-state index in [-0.39, 0.29) is 36.1 Å². The number of β-amino-alcohol motifs (C(OH)–C–C–N with tert-alkyl or cyclic N) is 2. The van der Waals surface area contributed by atoms with E-state index in [4.69, 9.17) is 0 Å². The van der Waals surface area contributed by atoms with E-state index in [2.05, 4.69) is 0 Å². The Morgan fingerprint density at radius 2 is 0.963 bits per heavy atom. The van der Waals surface area contributed by atoms with Gasteiger partial charge in [0, 0.05) is 30.8 Å². The van der Waals surface area contributed by atoms with Crippen molar-refractivity contribution >= 4 is 0 Å². The van der Waals surface area contributed by atoms with E-state index in [1.54, 1.807) is 0 Å². The molecule has 0 aliphatic carbocycles. The van der Waals surface area contributed by atoms with Crippen LogP contribution in [0.15, 0.2) is 36.4 Å². The molecule has 0 radical (unpaired) electrons. The molecule has 0 fully saturated rings. The van der Waals surface area contributed by atoms with Crippen molar-refractivity contribution in [2.24, 2.45) is 0 Å². The molecule has 0 heterocycles. The van der Waals surface area contributed by atoms with Gasteiger partial charge in [-0.15, -0.1) is 0 Å². The molecular formula is C20H27NO6. The highest BCUT2D eigenvalue weighted by atomic mass is 16.3. The second-order valence-electron chi connectivity index (χ2n) is 7.67. The lowest BCUT2D eigenvalue weighted by atomic mass is 10.00. The average molecular weight is 377 g/mol. The summed E-state index contributed by atoms with van der Waals surface area (Å²) in [6.45, 7) is 6.04. The first-order valence-electron chi connectivity index (χ1n) is 8.62. The van der Waals surface area contributed by atoms with Gasteiger partial charge in [0.2, 0.25) is 0 Å². The number of aromatic hydroxyl groups is 4. The quantitative estimate of drug-likeness (QED) is 0.457. The van der Waals surface area contributed by atoms with E-state index >= 15 is 0 Å². The number of aliphatic hydroxyl groups is 2. The lowest BCUT2D eigenvalue weighted by Crippen LogP contribution is -2.45. The number of aliphatic hydroxyl groups excluding tert-OH is 2. The van der Waals surface area contributed by atoms with Gasteiger partial charge >= 0.3 is 0 Å². The van der Waals surface area contributed by atoms with Gasteiger partial charge in [-0.2, -0.15) is 0 Å². The first kappa shape index (κ1) is 20.8. The summed E-state index contributed by atoms with van der Waals surface area (Å²) in [7, 11) is 0. The molecule has 2 aromatic carbocycles. The Labute approximate surface area is 158 Å². The molecule has 0 aliphatic heterocycles. The predicted molar refractivity (Wildman–Crippen MR) is 101 cm³/mol. The molecule has 27 heavy (non-hydrogen) atoms. The van der Waals surface area contributed by atoms with E-state index in [0.717, 1.165) is 0 Å². The Hall–Kier alpha value is -2.48. The average Bonchev–Trinajstić information content (AvgIpc) is 2.51. The third-order valence-electron chi connectivity index (χ3n) is 4.35. The molecule has 7 heteroatoms. The van der Waals surface area contributed by atoms with E-state index in [9.17, 15) is 30.6 Å². The van der Waals surface area contributed by atoms with Crippen LogP contribution >= 0.6 is 0 Å². The fraction of sp³-hybridized carbons (Fsp3) is 0.400. The molecule has 7 nitrogen and oxygen atoms in total. The Balaban J connectivity index is 2.20. The van der Waals surface area contributed by atoms with Crippen molar-refractivity contribution in [2.75, 3.05) is 13.1 Å². The van der Waals surface area contributed by atoms with Crippen molar-refractivity contribution < 1.29 is 30.6 Å². The third kappa shape index (κ3) is 5.75. The first-order chi connectivity index (χ1) is 12.5. The van der Waals surface area contributed by atoms with Gasteiger partial charge in [-0.25, -0.2) is 0 Å². The summed E-state index contributed by atoms with van der Waals surface area (Å²) in [5.41, 5.74) is 0.289. The largest absolute Gasteiger partial charge is 0.508 e. The van der Waals surface area contributed by atoms with Crippen LogP contribution in [-0.2, 0) is 0 Å². The highest BCUT2D eigenvalue weighted by molar-refractivity contribution is 5.38. The minimum atomic E-state index is -1.01. The van der Waals surface area contributed by atoms with Crippen LogP contribution in [0.2, 0.25) is 0 Å². The maximum Gasteiger partial charge on any atom is 0.119 e.